The van der Waals surface area contributed by atoms with E-state index in [1.807, 2.05) is 0 Å². The van der Waals surface area contributed by atoms with Crippen molar-refractivity contribution in [3.05, 3.63) is 154 Å². The van der Waals surface area contributed by atoms with Crippen molar-refractivity contribution >= 4 is 40.0 Å². The Hall–Kier alpha value is -5.35. The first-order valence-electron chi connectivity index (χ1n) is 16.5. The van der Waals surface area contributed by atoms with E-state index in [9.17, 15) is 0 Å². The summed E-state index contributed by atoms with van der Waals surface area (Å²) < 4.78 is 2.53. The molecule has 0 aliphatic carbocycles. The van der Waals surface area contributed by atoms with Gasteiger partial charge in [0.2, 0.25) is 11.4 Å². The van der Waals surface area contributed by atoms with Crippen molar-refractivity contribution in [3.63, 3.8) is 0 Å². The van der Waals surface area contributed by atoms with E-state index in [-0.39, 0.29) is 6.04 Å². The van der Waals surface area contributed by atoms with Gasteiger partial charge >= 0.3 is 0 Å². The van der Waals surface area contributed by atoms with E-state index in [4.69, 9.17) is 0 Å². The van der Waals surface area contributed by atoms with Crippen LogP contribution in [0.4, 0.5) is 0 Å². The molecule has 46 heavy (non-hydrogen) atoms. The Morgan fingerprint density at radius 2 is 1.41 bits per heavy atom. The average molecular weight is 598 g/mol. The maximum Gasteiger partial charge on any atom is 0.213 e. The van der Waals surface area contributed by atoms with E-state index in [0.29, 0.717) is 0 Å². The first-order chi connectivity index (χ1) is 22.6. The van der Waals surface area contributed by atoms with Crippen LogP contribution in [0.1, 0.15) is 50.9 Å². The quantitative estimate of drug-likeness (QED) is 0.196. The first kappa shape index (κ1) is 27.0. The molecule has 6 aromatic rings. The Kier molecular flexibility index (Phi) is 6.24. The zero-order valence-electron chi connectivity index (χ0n) is 26.3. The van der Waals surface area contributed by atoms with E-state index in [2.05, 4.69) is 155 Å². The summed E-state index contributed by atoms with van der Waals surface area (Å²) >= 11 is 0. The van der Waals surface area contributed by atoms with Gasteiger partial charge in [0.15, 0.2) is 6.54 Å². The number of hydrogen-bond donors (Lipinski definition) is 2. The zero-order chi connectivity index (χ0) is 30.8. The molecular weight excluding hydrogens is 560 g/mol. The molecule has 1 atom stereocenters. The maximum atomic E-state index is 3.55. The van der Waals surface area contributed by atoms with Crippen LogP contribution in [0.3, 0.4) is 0 Å². The van der Waals surface area contributed by atoms with Crippen LogP contribution < -0.4 is 4.57 Å². The number of allylic oxidation sites excluding steroid dienone is 3. The van der Waals surface area contributed by atoms with Gasteiger partial charge in [0.05, 0.1) is 11.6 Å². The SMILES string of the molecule is Cc1[nH]c2ccccc2c1/C=C/C1=CC=CC2c3c(ccc4c3-c3cccc(/C=C/c5c(C)[nH]c6ccccc56)[n+]3CC4)CCN12. The molecule has 1 unspecified atom stereocenters. The van der Waals surface area contributed by atoms with Gasteiger partial charge in [0.1, 0.15) is 0 Å². The largest absolute Gasteiger partial charge is 0.361 e. The number of nitrogens with zero attached hydrogens (tertiary/aromatic N) is 2. The molecule has 224 valence electrons. The summed E-state index contributed by atoms with van der Waals surface area (Å²) in [5.41, 5.74) is 17.0. The monoisotopic (exact) mass is 597 g/mol. The van der Waals surface area contributed by atoms with Gasteiger partial charge in [-0.2, -0.15) is 4.57 Å². The molecule has 0 fully saturated rings. The lowest BCUT2D eigenvalue weighted by Gasteiger charge is -2.41. The topological polar surface area (TPSA) is 38.7 Å². The van der Waals surface area contributed by atoms with Crippen molar-refractivity contribution in [2.75, 3.05) is 6.54 Å². The molecule has 4 nitrogen and oxygen atoms in total. The summed E-state index contributed by atoms with van der Waals surface area (Å²) in [6, 6.07) is 29.0. The van der Waals surface area contributed by atoms with Gasteiger partial charge in [-0.25, -0.2) is 0 Å². The van der Waals surface area contributed by atoms with Gasteiger partial charge in [0, 0.05) is 81.2 Å². The number of hydrogen-bond acceptors (Lipinski definition) is 1. The minimum Gasteiger partial charge on any atom is -0.361 e. The first-order valence-corrected chi connectivity index (χ1v) is 16.5. The summed E-state index contributed by atoms with van der Waals surface area (Å²) in [6.45, 7) is 6.33. The normalized spacial score (nSPS) is 17.0. The van der Waals surface area contributed by atoms with Gasteiger partial charge in [-0.1, -0.05) is 66.8 Å². The number of nitrogens with one attached hydrogen (secondary N) is 2. The fourth-order valence-electron chi connectivity index (χ4n) is 8.07. The van der Waals surface area contributed by atoms with Crippen molar-refractivity contribution in [3.8, 4) is 11.3 Å². The van der Waals surface area contributed by atoms with E-state index < -0.39 is 0 Å². The van der Waals surface area contributed by atoms with Gasteiger partial charge < -0.3 is 14.9 Å². The van der Waals surface area contributed by atoms with Gasteiger partial charge in [-0.05, 0) is 73.4 Å². The zero-order valence-corrected chi connectivity index (χ0v) is 26.3. The van der Waals surface area contributed by atoms with Crippen LogP contribution in [0.5, 0.6) is 0 Å². The highest BCUT2D eigenvalue weighted by atomic mass is 15.2. The van der Waals surface area contributed by atoms with Crippen molar-refractivity contribution in [1.82, 2.24) is 14.9 Å². The minimum absolute atomic E-state index is 0.215. The smallest absolute Gasteiger partial charge is 0.213 e. The lowest BCUT2D eigenvalue weighted by molar-refractivity contribution is -0.689. The molecule has 3 aliphatic rings. The number of pyridine rings is 1. The van der Waals surface area contributed by atoms with Crippen molar-refractivity contribution in [2.45, 2.75) is 39.3 Å². The number of fused-ring (bicyclic) bond motifs is 9. The number of para-hydroxylation sites is 2. The molecule has 0 saturated heterocycles. The number of aromatic nitrogens is 3. The fourth-order valence-corrected chi connectivity index (χ4v) is 8.07. The molecule has 0 bridgehead atoms. The number of H-pyrrole nitrogens is 2. The molecular formula is C42H37N4+. The predicted octanol–water partition coefficient (Wildman–Crippen LogP) is 9.01. The highest BCUT2D eigenvalue weighted by Gasteiger charge is 2.36. The second-order valence-electron chi connectivity index (χ2n) is 12.9. The van der Waals surface area contributed by atoms with E-state index in [0.717, 1.165) is 25.9 Å². The molecule has 2 N–H and O–H groups in total. The predicted molar refractivity (Wildman–Crippen MR) is 190 cm³/mol. The molecule has 0 radical (unpaired) electrons. The summed E-state index contributed by atoms with van der Waals surface area (Å²) in [6.07, 6.45) is 18.2. The number of benzene rings is 3. The summed E-state index contributed by atoms with van der Waals surface area (Å²) in [5.74, 6) is 0. The minimum atomic E-state index is 0.215. The molecule has 9 rings (SSSR count). The van der Waals surface area contributed by atoms with Crippen LogP contribution in [0.2, 0.25) is 0 Å². The second-order valence-corrected chi connectivity index (χ2v) is 12.9. The van der Waals surface area contributed by atoms with Gasteiger partial charge in [-0.3, -0.25) is 0 Å². The summed E-state index contributed by atoms with van der Waals surface area (Å²) in [7, 11) is 0. The lowest BCUT2D eigenvalue weighted by Crippen LogP contribution is -2.44. The van der Waals surface area contributed by atoms with Crippen LogP contribution in [0.25, 0.3) is 51.3 Å². The average Bonchev–Trinajstić information content (AvgIpc) is 3.59. The standard InChI is InChI=1S/C42H36N4/c1-27-33(35-11-3-5-13-37(35)43-27)21-19-31-9-7-15-39-41-29(23-25-45(31)39)17-18-30-24-26-46-32(10-8-16-40(46)42(30)41)20-22-34-28(2)44-38-14-6-4-12-36(34)38/h3-22,39,43H,23-26H2,1-2H3/p+1/b21-19+. The second kappa shape index (κ2) is 10.6. The van der Waals surface area contributed by atoms with Crippen molar-refractivity contribution < 1.29 is 4.57 Å². The highest BCUT2D eigenvalue weighted by Crippen LogP contribution is 2.43. The Morgan fingerprint density at radius 1 is 0.717 bits per heavy atom. The molecule has 3 aromatic carbocycles. The van der Waals surface area contributed by atoms with Gasteiger partial charge in [-0.15, -0.1) is 0 Å². The number of rotatable bonds is 4. The highest BCUT2D eigenvalue weighted by molar-refractivity contribution is 5.93. The summed E-state index contributed by atoms with van der Waals surface area (Å²) in [5, 5.41) is 2.54. The van der Waals surface area contributed by atoms with Crippen molar-refractivity contribution in [1.29, 1.82) is 0 Å². The van der Waals surface area contributed by atoms with Gasteiger partial charge in [0.25, 0.3) is 0 Å². The van der Waals surface area contributed by atoms with Crippen LogP contribution >= 0.6 is 0 Å². The third-order valence-electron chi connectivity index (χ3n) is 10.3. The number of aryl methyl sites for hydroxylation is 3. The van der Waals surface area contributed by atoms with E-state index >= 15 is 0 Å². The third kappa shape index (κ3) is 4.24. The molecule has 0 saturated carbocycles. The number of aromatic amines is 2. The Morgan fingerprint density at radius 3 is 2.17 bits per heavy atom. The van der Waals surface area contributed by atoms with Crippen LogP contribution in [-0.2, 0) is 19.4 Å². The van der Waals surface area contributed by atoms with E-state index in [1.165, 1.54) is 83.7 Å². The van der Waals surface area contributed by atoms with Crippen molar-refractivity contribution in [2.24, 2.45) is 0 Å². The summed E-state index contributed by atoms with van der Waals surface area (Å²) in [4.78, 5) is 9.71. The van der Waals surface area contributed by atoms with Crippen LogP contribution in [0.15, 0.2) is 109 Å². The molecule has 6 heterocycles. The maximum absolute atomic E-state index is 3.55. The van der Waals surface area contributed by atoms with E-state index in [1.54, 1.807) is 0 Å². The Balaban J connectivity index is 1.09. The van der Waals surface area contributed by atoms with Crippen LogP contribution in [-0.4, -0.2) is 21.4 Å². The molecule has 0 amide bonds. The molecule has 3 aliphatic heterocycles. The molecule has 0 spiro atoms. The van der Waals surface area contributed by atoms with Crippen LogP contribution in [0, 0.1) is 13.8 Å². The lowest BCUT2D eigenvalue weighted by atomic mass is 9.81. The Labute approximate surface area is 269 Å². The molecule has 3 aromatic heterocycles. The Bertz CT molecular complexity index is 2300. The fraction of sp³-hybridized carbons (Fsp3) is 0.167. The third-order valence-corrected chi connectivity index (χ3v) is 10.3. The molecule has 4 heteroatoms.